The zero-order valence-corrected chi connectivity index (χ0v) is 14.5. The lowest BCUT2D eigenvalue weighted by Crippen LogP contribution is -2.27. The van der Waals surface area contributed by atoms with E-state index < -0.39 is 11.7 Å². The van der Waals surface area contributed by atoms with Gasteiger partial charge >= 0.3 is 6.09 Å². The van der Waals surface area contributed by atoms with Crippen molar-refractivity contribution in [2.75, 3.05) is 5.73 Å². The third-order valence-electron chi connectivity index (χ3n) is 3.37. The second-order valence-electron chi connectivity index (χ2n) is 6.48. The summed E-state index contributed by atoms with van der Waals surface area (Å²) < 4.78 is 6.96. The lowest BCUT2D eigenvalue weighted by Gasteiger charge is -2.20. The van der Waals surface area contributed by atoms with Crippen molar-refractivity contribution in [1.82, 2.24) is 9.55 Å². The molecule has 0 aliphatic carbocycles. The van der Waals surface area contributed by atoms with Crippen molar-refractivity contribution < 1.29 is 9.53 Å². The maximum absolute atomic E-state index is 12.8. The minimum atomic E-state index is -0.626. The summed E-state index contributed by atoms with van der Waals surface area (Å²) in [6.07, 6.45) is -0.510. The molecule has 0 saturated heterocycles. The Morgan fingerprint density at radius 1 is 1.21 bits per heavy atom. The molecule has 6 heteroatoms. The summed E-state index contributed by atoms with van der Waals surface area (Å²) in [4.78, 5) is 17.3. The summed E-state index contributed by atoms with van der Waals surface area (Å²) in [5, 5.41) is 0.462. The van der Waals surface area contributed by atoms with E-state index in [1.54, 1.807) is 18.2 Å². The number of nitrogens with zero attached hydrogens (tertiary/aromatic N) is 2. The fourth-order valence-electron chi connectivity index (χ4n) is 2.41. The predicted molar refractivity (Wildman–Crippen MR) is 96.2 cm³/mol. The molecule has 124 valence electrons. The van der Waals surface area contributed by atoms with Crippen LogP contribution >= 0.6 is 11.6 Å². The van der Waals surface area contributed by atoms with Gasteiger partial charge in [-0.25, -0.2) is 14.3 Å². The highest BCUT2D eigenvalue weighted by atomic mass is 35.5. The number of hydrogen-bond acceptors (Lipinski definition) is 4. The molecule has 3 aromatic rings. The van der Waals surface area contributed by atoms with E-state index in [-0.39, 0.29) is 0 Å². The molecule has 0 radical (unpaired) electrons. The van der Waals surface area contributed by atoms with Gasteiger partial charge in [0, 0.05) is 11.3 Å². The van der Waals surface area contributed by atoms with Crippen LogP contribution in [-0.2, 0) is 4.74 Å². The molecule has 3 rings (SSSR count). The zero-order valence-electron chi connectivity index (χ0n) is 13.7. The highest BCUT2D eigenvalue weighted by molar-refractivity contribution is 6.33. The Bertz CT molecular complexity index is 926. The lowest BCUT2D eigenvalue weighted by molar-refractivity contribution is 0.0546. The van der Waals surface area contributed by atoms with Gasteiger partial charge in [-0.15, -0.1) is 0 Å². The maximum atomic E-state index is 12.8. The first kappa shape index (κ1) is 16.3. The van der Waals surface area contributed by atoms with Gasteiger partial charge in [-0.1, -0.05) is 23.7 Å². The Morgan fingerprint density at radius 3 is 2.62 bits per heavy atom. The third-order valence-corrected chi connectivity index (χ3v) is 3.70. The average molecular weight is 344 g/mol. The molecule has 2 N–H and O–H groups in total. The number of halogens is 1. The van der Waals surface area contributed by atoms with Crippen LogP contribution in [0.1, 0.15) is 20.8 Å². The van der Waals surface area contributed by atoms with E-state index in [1.165, 1.54) is 4.57 Å². The number of fused-ring (bicyclic) bond motifs is 1. The number of rotatable bonds is 1. The van der Waals surface area contributed by atoms with E-state index >= 15 is 0 Å². The van der Waals surface area contributed by atoms with Crippen LogP contribution in [0, 0.1) is 0 Å². The maximum Gasteiger partial charge on any atom is 0.420 e. The Morgan fingerprint density at radius 2 is 1.92 bits per heavy atom. The number of aromatic nitrogens is 2. The van der Waals surface area contributed by atoms with Crippen LogP contribution in [0.4, 0.5) is 10.5 Å². The van der Waals surface area contributed by atoms with Gasteiger partial charge in [0.15, 0.2) is 5.82 Å². The molecule has 24 heavy (non-hydrogen) atoms. The molecule has 0 aliphatic heterocycles. The molecular weight excluding hydrogens is 326 g/mol. The first-order chi connectivity index (χ1) is 11.3. The molecule has 2 aromatic carbocycles. The fraction of sp³-hybridized carbons (Fsp3) is 0.222. The van der Waals surface area contributed by atoms with Gasteiger partial charge in [0.05, 0.1) is 16.1 Å². The number of nitrogens with two attached hydrogens (primary N) is 1. The van der Waals surface area contributed by atoms with Crippen molar-refractivity contribution in [1.29, 1.82) is 0 Å². The molecule has 0 unspecified atom stereocenters. The van der Waals surface area contributed by atoms with Gasteiger partial charge in [-0.2, -0.15) is 0 Å². The number of ether oxygens (including phenoxy) is 1. The standard InChI is InChI=1S/C18H18ClN3O2/c1-18(2,3)24-17(23)22-15-7-5-4-6-14(15)21-16(22)12-10-11(20)8-9-13(12)19/h4-10H,20H2,1-3H3. The van der Waals surface area contributed by atoms with Gasteiger partial charge in [0.1, 0.15) is 5.60 Å². The van der Waals surface area contributed by atoms with Gasteiger partial charge in [0.25, 0.3) is 0 Å². The van der Waals surface area contributed by atoms with Crippen molar-refractivity contribution in [3.05, 3.63) is 47.5 Å². The van der Waals surface area contributed by atoms with E-state index in [1.807, 2.05) is 45.0 Å². The molecule has 0 bridgehead atoms. The number of imidazole rings is 1. The van der Waals surface area contributed by atoms with Gasteiger partial charge in [-0.05, 0) is 51.1 Å². The van der Waals surface area contributed by atoms with Crippen LogP contribution in [-0.4, -0.2) is 21.2 Å². The molecule has 1 aromatic heterocycles. The quantitative estimate of drug-likeness (QED) is 0.649. The average Bonchev–Trinajstić information content (AvgIpc) is 2.87. The van der Waals surface area contributed by atoms with Crippen LogP contribution in [0.3, 0.4) is 0 Å². The van der Waals surface area contributed by atoms with Gasteiger partial charge in [0.2, 0.25) is 0 Å². The first-order valence-corrected chi connectivity index (χ1v) is 7.90. The Hall–Kier alpha value is -2.53. The molecular formula is C18H18ClN3O2. The minimum Gasteiger partial charge on any atom is -0.443 e. The van der Waals surface area contributed by atoms with Crippen LogP contribution in [0.5, 0.6) is 0 Å². The van der Waals surface area contributed by atoms with Gasteiger partial charge in [-0.3, -0.25) is 0 Å². The van der Waals surface area contributed by atoms with Crippen LogP contribution < -0.4 is 5.73 Å². The summed E-state index contributed by atoms with van der Waals surface area (Å²) >= 11 is 6.31. The molecule has 5 nitrogen and oxygen atoms in total. The highest BCUT2D eigenvalue weighted by Crippen LogP contribution is 2.32. The SMILES string of the molecule is CC(C)(C)OC(=O)n1c(-c2cc(N)ccc2Cl)nc2ccccc21. The number of nitrogen functional groups attached to an aromatic ring is 1. The van der Waals surface area contributed by atoms with E-state index in [9.17, 15) is 4.79 Å². The highest BCUT2D eigenvalue weighted by Gasteiger charge is 2.24. The number of anilines is 1. The molecule has 0 fully saturated rings. The topological polar surface area (TPSA) is 70.1 Å². The Balaban J connectivity index is 2.26. The first-order valence-electron chi connectivity index (χ1n) is 7.52. The van der Waals surface area contributed by atoms with Crippen LogP contribution in [0.25, 0.3) is 22.4 Å². The molecule has 0 amide bonds. The van der Waals surface area contributed by atoms with E-state index in [0.717, 1.165) is 0 Å². The number of para-hydroxylation sites is 2. The Kier molecular flexibility index (Phi) is 3.97. The second-order valence-corrected chi connectivity index (χ2v) is 6.89. The van der Waals surface area contributed by atoms with Crippen molar-refractivity contribution in [2.45, 2.75) is 26.4 Å². The monoisotopic (exact) mass is 343 g/mol. The Labute approximate surface area is 145 Å². The predicted octanol–water partition coefficient (Wildman–Crippen LogP) is 4.72. The number of hydrogen-bond donors (Lipinski definition) is 1. The molecule has 1 heterocycles. The molecule has 0 aliphatic rings. The summed E-state index contributed by atoms with van der Waals surface area (Å²) in [6.45, 7) is 5.45. The molecule has 0 atom stereocenters. The lowest BCUT2D eigenvalue weighted by atomic mass is 10.2. The number of carbonyl (C=O) groups is 1. The molecule has 0 spiro atoms. The summed E-state index contributed by atoms with van der Waals surface area (Å²) in [7, 11) is 0. The number of benzene rings is 2. The third kappa shape index (κ3) is 3.08. The fourth-order valence-corrected chi connectivity index (χ4v) is 2.62. The normalized spacial score (nSPS) is 11.7. The van der Waals surface area contributed by atoms with Gasteiger partial charge < -0.3 is 10.5 Å². The van der Waals surface area contributed by atoms with Crippen molar-refractivity contribution in [3.8, 4) is 11.4 Å². The summed E-state index contributed by atoms with van der Waals surface area (Å²) in [6, 6.07) is 12.4. The van der Waals surface area contributed by atoms with E-state index in [2.05, 4.69) is 4.98 Å². The number of carbonyl (C=O) groups excluding carboxylic acids is 1. The zero-order chi connectivity index (χ0) is 17.5. The minimum absolute atomic E-state index is 0.405. The van der Waals surface area contributed by atoms with Crippen molar-refractivity contribution in [3.63, 3.8) is 0 Å². The smallest absolute Gasteiger partial charge is 0.420 e. The van der Waals surface area contributed by atoms with E-state index in [0.29, 0.717) is 33.1 Å². The molecule has 0 saturated carbocycles. The summed E-state index contributed by atoms with van der Waals surface area (Å²) in [5.74, 6) is 0.405. The van der Waals surface area contributed by atoms with Crippen molar-refractivity contribution >= 4 is 34.4 Å². The van der Waals surface area contributed by atoms with Crippen LogP contribution in [0.2, 0.25) is 5.02 Å². The van der Waals surface area contributed by atoms with Crippen molar-refractivity contribution in [2.24, 2.45) is 0 Å². The largest absolute Gasteiger partial charge is 0.443 e. The summed E-state index contributed by atoms with van der Waals surface area (Å²) in [5.41, 5.74) is 7.70. The van der Waals surface area contributed by atoms with Crippen LogP contribution in [0.15, 0.2) is 42.5 Å². The second kappa shape index (κ2) is 5.83. The van der Waals surface area contributed by atoms with E-state index in [4.69, 9.17) is 22.1 Å².